The number of aromatic nitrogens is 2. The third kappa shape index (κ3) is 4.21. The summed E-state index contributed by atoms with van der Waals surface area (Å²) in [5.41, 5.74) is 2.39. The molecule has 1 amide bonds. The number of benzene rings is 1. The van der Waals surface area contributed by atoms with Crippen molar-refractivity contribution in [3.8, 4) is 11.3 Å². The smallest absolute Gasteiger partial charge is 0.257 e. The highest BCUT2D eigenvalue weighted by molar-refractivity contribution is 7.99. The van der Waals surface area contributed by atoms with E-state index in [4.69, 9.17) is 0 Å². The highest BCUT2D eigenvalue weighted by Gasteiger charge is 2.11. The fourth-order valence-electron chi connectivity index (χ4n) is 2.13. The second-order valence-corrected chi connectivity index (χ2v) is 7.94. The average molecular weight is 355 g/mol. The molecule has 0 fully saturated rings. The number of pyridine rings is 1. The molecular weight excluding hydrogens is 338 g/mol. The van der Waals surface area contributed by atoms with Crippen LogP contribution in [0.3, 0.4) is 0 Å². The minimum absolute atomic E-state index is 0.145. The van der Waals surface area contributed by atoms with Gasteiger partial charge in [0.05, 0.1) is 5.69 Å². The van der Waals surface area contributed by atoms with Crippen LogP contribution in [0.2, 0.25) is 0 Å². The average Bonchev–Trinajstić information content (AvgIpc) is 3.04. The molecule has 1 N–H and O–H groups in total. The van der Waals surface area contributed by atoms with Crippen LogP contribution < -0.4 is 5.32 Å². The molecule has 0 saturated carbocycles. The normalized spacial score (nSPS) is 10.8. The van der Waals surface area contributed by atoms with Crippen molar-refractivity contribution in [3.05, 3.63) is 59.7 Å². The molecule has 3 rings (SSSR count). The van der Waals surface area contributed by atoms with E-state index >= 15 is 0 Å². The first-order valence-corrected chi connectivity index (χ1v) is 9.32. The maximum atomic E-state index is 12.4. The highest BCUT2D eigenvalue weighted by atomic mass is 32.2. The molecule has 24 heavy (non-hydrogen) atoms. The molecule has 2 heterocycles. The number of carbonyl (C=O) groups is 1. The van der Waals surface area contributed by atoms with E-state index < -0.39 is 0 Å². The lowest BCUT2D eigenvalue weighted by atomic mass is 10.2. The Balaban J connectivity index is 1.72. The molecular formula is C18H17N3OS2. The number of anilines is 1. The Labute approximate surface area is 149 Å². The van der Waals surface area contributed by atoms with E-state index in [1.807, 2.05) is 41.8 Å². The lowest BCUT2D eigenvalue weighted by Crippen LogP contribution is -2.11. The molecule has 4 nitrogen and oxygen atoms in total. The number of rotatable bonds is 5. The molecule has 0 saturated heterocycles. The van der Waals surface area contributed by atoms with E-state index in [0.717, 1.165) is 16.2 Å². The van der Waals surface area contributed by atoms with Crippen molar-refractivity contribution in [3.63, 3.8) is 0 Å². The predicted molar refractivity (Wildman–Crippen MR) is 101 cm³/mol. The van der Waals surface area contributed by atoms with E-state index in [1.165, 1.54) is 11.3 Å². The molecule has 0 aliphatic rings. The van der Waals surface area contributed by atoms with Crippen molar-refractivity contribution in [2.45, 2.75) is 24.0 Å². The lowest BCUT2D eigenvalue weighted by molar-refractivity contribution is 0.102. The topological polar surface area (TPSA) is 54.9 Å². The summed E-state index contributed by atoms with van der Waals surface area (Å²) in [5, 5.41) is 5.84. The van der Waals surface area contributed by atoms with Crippen LogP contribution in [0.1, 0.15) is 24.2 Å². The summed E-state index contributed by atoms with van der Waals surface area (Å²) in [4.78, 5) is 22.1. The second-order valence-electron chi connectivity index (χ2n) is 5.43. The fraction of sp³-hybridized carbons (Fsp3) is 0.167. The number of nitrogens with one attached hydrogen (secondary N) is 1. The van der Waals surface area contributed by atoms with Crippen LogP contribution in [0.4, 0.5) is 5.13 Å². The molecule has 2 aromatic heterocycles. The Hall–Kier alpha value is -2.18. The molecule has 6 heteroatoms. The van der Waals surface area contributed by atoms with Gasteiger partial charge >= 0.3 is 0 Å². The minimum atomic E-state index is -0.145. The van der Waals surface area contributed by atoms with Crippen molar-refractivity contribution in [2.24, 2.45) is 0 Å². The molecule has 0 radical (unpaired) electrons. The third-order valence-corrected chi connectivity index (χ3v) is 4.91. The van der Waals surface area contributed by atoms with E-state index in [1.54, 1.807) is 24.2 Å². The fourth-order valence-corrected chi connectivity index (χ4v) is 3.74. The Morgan fingerprint density at radius 2 is 2.12 bits per heavy atom. The van der Waals surface area contributed by atoms with Crippen molar-refractivity contribution in [1.29, 1.82) is 0 Å². The summed E-state index contributed by atoms with van der Waals surface area (Å²) >= 11 is 3.14. The standard InChI is InChI=1S/C18H17N3OS2/c1-12(2)24-15-7-3-5-13(9-15)17(22)21-18-20-16(11-23-18)14-6-4-8-19-10-14/h3-12H,1-2H3,(H,20,21,22). The van der Waals surface area contributed by atoms with E-state index in [-0.39, 0.29) is 5.91 Å². The maximum absolute atomic E-state index is 12.4. The molecule has 0 spiro atoms. The zero-order valence-corrected chi connectivity index (χ0v) is 15.0. The van der Waals surface area contributed by atoms with Gasteiger partial charge < -0.3 is 0 Å². The van der Waals surface area contributed by atoms with Crippen LogP contribution in [-0.2, 0) is 0 Å². The molecule has 122 valence electrons. The molecule has 0 bridgehead atoms. The first-order valence-electron chi connectivity index (χ1n) is 7.56. The van der Waals surface area contributed by atoms with Gasteiger partial charge in [-0.15, -0.1) is 23.1 Å². The molecule has 0 atom stereocenters. The van der Waals surface area contributed by atoms with Gasteiger partial charge in [-0.05, 0) is 30.3 Å². The predicted octanol–water partition coefficient (Wildman–Crippen LogP) is 4.96. The van der Waals surface area contributed by atoms with Gasteiger partial charge in [0.2, 0.25) is 0 Å². The molecule has 1 aromatic carbocycles. The van der Waals surface area contributed by atoms with Crippen molar-refractivity contribution < 1.29 is 4.79 Å². The SMILES string of the molecule is CC(C)Sc1cccc(C(=O)Nc2nc(-c3cccnc3)cs2)c1. The summed E-state index contributed by atoms with van der Waals surface area (Å²) in [6, 6.07) is 11.5. The van der Waals surface area contributed by atoms with Crippen molar-refractivity contribution in [2.75, 3.05) is 5.32 Å². The van der Waals surface area contributed by atoms with Gasteiger partial charge in [-0.3, -0.25) is 15.1 Å². The van der Waals surface area contributed by atoms with Gasteiger partial charge in [0.15, 0.2) is 5.13 Å². The Kier molecular flexibility index (Phi) is 5.27. The first-order chi connectivity index (χ1) is 11.6. The number of amides is 1. The highest BCUT2D eigenvalue weighted by Crippen LogP contribution is 2.26. The number of thioether (sulfide) groups is 1. The van der Waals surface area contributed by atoms with Crippen LogP contribution >= 0.6 is 23.1 Å². The third-order valence-electron chi connectivity index (χ3n) is 3.15. The number of carbonyl (C=O) groups excluding carboxylic acids is 1. The lowest BCUT2D eigenvalue weighted by Gasteiger charge is -2.07. The van der Waals surface area contributed by atoms with Gasteiger partial charge in [-0.1, -0.05) is 19.9 Å². The monoisotopic (exact) mass is 355 g/mol. The minimum Gasteiger partial charge on any atom is -0.298 e. The molecule has 3 aromatic rings. The largest absolute Gasteiger partial charge is 0.298 e. The summed E-state index contributed by atoms with van der Waals surface area (Å²) in [7, 11) is 0. The van der Waals surface area contributed by atoms with Crippen LogP contribution in [-0.4, -0.2) is 21.1 Å². The van der Waals surface area contributed by atoms with Crippen LogP contribution in [0.25, 0.3) is 11.3 Å². The van der Waals surface area contributed by atoms with Gasteiger partial charge in [0.1, 0.15) is 0 Å². The summed E-state index contributed by atoms with van der Waals surface area (Å²) in [6.45, 7) is 4.26. The van der Waals surface area contributed by atoms with E-state index in [2.05, 4.69) is 29.1 Å². The van der Waals surface area contributed by atoms with Gasteiger partial charge in [0, 0.05) is 39.0 Å². The van der Waals surface area contributed by atoms with Crippen molar-refractivity contribution >= 4 is 34.1 Å². The number of nitrogens with zero attached hydrogens (tertiary/aromatic N) is 2. The van der Waals surface area contributed by atoms with Crippen LogP contribution in [0, 0.1) is 0 Å². The number of hydrogen-bond acceptors (Lipinski definition) is 5. The van der Waals surface area contributed by atoms with Gasteiger partial charge in [0.25, 0.3) is 5.91 Å². The van der Waals surface area contributed by atoms with Crippen molar-refractivity contribution in [1.82, 2.24) is 9.97 Å². The molecule has 0 unspecified atom stereocenters. The zero-order valence-electron chi connectivity index (χ0n) is 13.4. The quantitative estimate of drug-likeness (QED) is 0.657. The van der Waals surface area contributed by atoms with E-state index in [0.29, 0.717) is 15.9 Å². The molecule has 0 aliphatic carbocycles. The Bertz CT molecular complexity index is 831. The first kappa shape index (κ1) is 16.7. The van der Waals surface area contributed by atoms with Crippen LogP contribution in [0.15, 0.2) is 59.1 Å². The van der Waals surface area contributed by atoms with E-state index in [9.17, 15) is 4.79 Å². The summed E-state index contributed by atoms with van der Waals surface area (Å²) in [5.74, 6) is -0.145. The van der Waals surface area contributed by atoms with Gasteiger partial charge in [-0.2, -0.15) is 0 Å². The molecule has 0 aliphatic heterocycles. The summed E-state index contributed by atoms with van der Waals surface area (Å²) < 4.78 is 0. The maximum Gasteiger partial charge on any atom is 0.257 e. The Morgan fingerprint density at radius 1 is 1.25 bits per heavy atom. The van der Waals surface area contributed by atoms with Crippen LogP contribution in [0.5, 0.6) is 0 Å². The van der Waals surface area contributed by atoms with Gasteiger partial charge in [-0.25, -0.2) is 4.98 Å². The number of hydrogen-bond donors (Lipinski definition) is 1. The summed E-state index contributed by atoms with van der Waals surface area (Å²) in [6.07, 6.45) is 3.48. The second kappa shape index (κ2) is 7.59. The zero-order chi connectivity index (χ0) is 16.9. The Morgan fingerprint density at radius 3 is 2.88 bits per heavy atom. The number of thiazole rings is 1.